The van der Waals surface area contributed by atoms with Crippen molar-refractivity contribution in [1.82, 2.24) is 0 Å². The van der Waals surface area contributed by atoms with Gasteiger partial charge in [0.2, 0.25) is 0 Å². The molecule has 6 heteroatoms. The average molecular weight is 378 g/mol. The highest BCUT2D eigenvalue weighted by atomic mass is 16.5. The van der Waals surface area contributed by atoms with Gasteiger partial charge in [-0.25, -0.2) is 9.59 Å². The summed E-state index contributed by atoms with van der Waals surface area (Å²) in [5.41, 5.74) is 0.472. The van der Waals surface area contributed by atoms with Gasteiger partial charge in [-0.05, 0) is 66.7 Å². The Kier molecular flexibility index (Phi) is 5.91. The lowest BCUT2D eigenvalue weighted by atomic mass is 10.1. The Morgan fingerprint density at radius 3 is 1.29 bits per heavy atom. The lowest BCUT2D eigenvalue weighted by Gasteiger charge is -2.08. The Morgan fingerprint density at radius 1 is 0.571 bits per heavy atom. The summed E-state index contributed by atoms with van der Waals surface area (Å²) in [5.74, 6) is 0.897. The predicted molar refractivity (Wildman–Crippen MR) is 102 cm³/mol. The molecule has 0 spiro atoms. The fourth-order valence-corrected chi connectivity index (χ4v) is 2.39. The van der Waals surface area contributed by atoms with E-state index in [1.165, 1.54) is 6.07 Å². The van der Waals surface area contributed by atoms with Gasteiger partial charge in [0.15, 0.2) is 0 Å². The van der Waals surface area contributed by atoms with Crippen molar-refractivity contribution in [1.29, 1.82) is 0 Å². The molecule has 3 aromatic carbocycles. The SMILES string of the molecule is COc1ccc(OC(=O)c2cccc(C(=O)Oc3ccc(OC)cc3)c2)cc1. The maximum absolute atomic E-state index is 12.4. The van der Waals surface area contributed by atoms with Crippen LogP contribution >= 0.6 is 0 Å². The molecule has 0 unspecified atom stereocenters. The summed E-state index contributed by atoms with van der Waals surface area (Å²) < 4.78 is 20.8. The molecule has 0 amide bonds. The minimum Gasteiger partial charge on any atom is -0.497 e. The number of methoxy groups -OCH3 is 2. The Hall–Kier alpha value is -3.80. The molecule has 28 heavy (non-hydrogen) atoms. The summed E-state index contributed by atoms with van der Waals surface area (Å²) in [6.07, 6.45) is 0. The van der Waals surface area contributed by atoms with E-state index in [0.29, 0.717) is 23.0 Å². The van der Waals surface area contributed by atoms with E-state index in [9.17, 15) is 9.59 Å². The highest BCUT2D eigenvalue weighted by Crippen LogP contribution is 2.20. The lowest BCUT2D eigenvalue weighted by molar-refractivity contribution is 0.0734. The van der Waals surface area contributed by atoms with Crippen LogP contribution in [0.25, 0.3) is 0 Å². The predicted octanol–water partition coefficient (Wildman–Crippen LogP) is 4.14. The quantitative estimate of drug-likeness (QED) is 0.474. The number of rotatable bonds is 6. The van der Waals surface area contributed by atoms with Crippen LogP contribution < -0.4 is 18.9 Å². The average Bonchev–Trinajstić information content (AvgIpc) is 2.75. The molecule has 0 aliphatic carbocycles. The standard InChI is InChI=1S/C22H18O6/c1-25-17-6-10-19(11-7-17)27-21(23)15-4-3-5-16(14-15)22(24)28-20-12-8-18(26-2)9-13-20/h3-14H,1-2H3. The first-order chi connectivity index (χ1) is 13.6. The fraction of sp³-hybridized carbons (Fsp3) is 0.0909. The van der Waals surface area contributed by atoms with Crippen LogP contribution in [0.5, 0.6) is 23.0 Å². The number of ether oxygens (including phenoxy) is 4. The zero-order valence-corrected chi connectivity index (χ0v) is 15.4. The van der Waals surface area contributed by atoms with Gasteiger partial charge in [-0.2, -0.15) is 0 Å². The molecule has 0 N–H and O–H groups in total. The first-order valence-electron chi connectivity index (χ1n) is 8.41. The first kappa shape index (κ1) is 19.0. The molecule has 0 aromatic heterocycles. The number of hydrogen-bond acceptors (Lipinski definition) is 6. The maximum Gasteiger partial charge on any atom is 0.343 e. The van der Waals surface area contributed by atoms with E-state index >= 15 is 0 Å². The third-order valence-corrected chi connectivity index (χ3v) is 3.87. The highest BCUT2D eigenvalue weighted by Gasteiger charge is 2.14. The van der Waals surface area contributed by atoms with Crippen molar-refractivity contribution in [2.75, 3.05) is 14.2 Å². The molecule has 0 aliphatic rings. The molecule has 6 nitrogen and oxygen atoms in total. The number of carbonyl (C=O) groups is 2. The van der Waals surface area contributed by atoms with Crippen LogP contribution in [0.2, 0.25) is 0 Å². The molecular formula is C22H18O6. The van der Waals surface area contributed by atoms with Gasteiger partial charge in [0.05, 0.1) is 25.3 Å². The summed E-state index contributed by atoms with van der Waals surface area (Å²) >= 11 is 0. The maximum atomic E-state index is 12.4. The third-order valence-electron chi connectivity index (χ3n) is 3.87. The summed E-state index contributed by atoms with van der Waals surface area (Å²) in [6.45, 7) is 0. The second kappa shape index (κ2) is 8.73. The minimum atomic E-state index is -0.579. The van der Waals surface area contributed by atoms with Crippen LogP contribution in [0.15, 0.2) is 72.8 Å². The van der Waals surface area contributed by atoms with Gasteiger partial charge >= 0.3 is 11.9 Å². The molecule has 0 bridgehead atoms. The summed E-state index contributed by atoms with van der Waals surface area (Å²) in [6, 6.07) is 19.4. The Bertz CT molecular complexity index is 884. The van der Waals surface area contributed by atoms with Crippen molar-refractivity contribution in [3.8, 4) is 23.0 Å². The van der Waals surface area contributed by atoms with E-state index in [1.807, 2.05) is 0 Å². The van der Waals surface area contributed by atoms with E-state index in [2.05, 4.69) is 0 Å². The molecule has 0 saturated heterocycles. The molecule has 3 rings (SSSR count). The van der Waals surface area contributed by atoms with Crippen molar-refractivity contribution in [3.05, 3.63) is 83.9 Å². The highest BCUT2D eigenvalue weighted by molar-refractivity contribution is 5.96. The summed E-state index contributed by atoms with van der Waals surface area (Å²) in [5, 5.41) is 0. The van der Waals surface area contributed by atoms with Crippen molar-refractivity contribution >= 4 is 11.9 Å². The van der Waals surface area contributed by atoms with E-state index < -0.39 is 11.9 Å². The number of benzene rings is 3. The van der Waals surface area contributed by atoms with Gasteiger partial charge in [-0.15, -0.1) is 0 Å². The van der Waals surface area contributed by atoms with Crippen molar-refractivity contribution in [2.24, 2.45) is 0 Å². The topological polar surface area (TPSA) is 71.1 Å². The molecule has 0 aliphatic heterocycles. The minimum absolute atomic E-state index is 0.236. The van der Waals surface area contributed by atoms with Gasteiger partial charge < -0.3 is 18.9 Å². The molecule has 0 heterocycles. The second-order valence-corrected chi connectivity index (χ2v) is 5.71. The van der Waals surface area contributed by atoms with Gasteiger partial charge in [-0.1, -0.05) is 6.07 Å². The van der Waals surface area contributed by atoms with Gasteiger partial charge in [0, 0.05) is 0 Å². The number of carbonyl (C=O) groups excluding carboxylic acids is 2. The molecule has 142 valence electrons. The molecular weight excluding hydrogens is 360 g/mol. The van der Waals surface area contributed by atoms with E-state index in [0.717, 1.165) is 0 Å². The van der Waals surface area contributed by atoms with Crippen LogP contribution in [0.4, 0.5) is 0 Å². The Morgan fingerprint density at radius 2 is 0.929 bits per heavy atom. The third kappa shape index (κ3) is 4.67. The zero-order chi connectivity index (χ0) is 19.9. The monoisotopic (exact) mass is 378 g/mol. The van der Waals surface area contributed by atoms with Crippen LogP contribution in [-0.4, -0.2) is 26.2 Å². The molecule has 0 atom stereocenters. The largest absolute Gasteiger partial charge is 0.497 e. The second-order valence-electron chi connectivity index (χ2n) is 5.71. The van der Waals surface area contributed by atoms with Crippen molar-refractivity contribution in [2.45, 2.75) is 0 Å². The Labute approximate surface area is 162 Å². The van der Waals surface area contributed by atoms with Crippen molar-refractivity contribution < 1.29 is 28.5 Å². The lowest BCUT2D eigenvalue weighted by Crippen LogP contribution is -2.12. The Balaban J connectivity index is 1.69. The number of hydrogen-bond donors (Lipinski definition) is 0. The van der Waals surface area contributed by atoms with E-state index in [1.54, 1.807) is 80.9 Å². The molecule has 0 radical (unpaired) electrons. The number of esters is 2. The van der Waals surface area contributed by atoms with Crippen LogP contribution in [0.3, 0.4) is 0 Å². The normalized spacial score (nSPS) is 10.1. The fourth-order valence-electron chi connectivity index (χ4n) is 2.39. The van der Waals surface area contributed by atoms with Crippen LogP contribution in [0.1, 0.15) is 20.7 Å². The van der Waals surface area contributed by atoms with Crippen LogP contribution in [0, 0.1) is 0 Å². The van der Waals surface area contributed by atoms with Crippen molar-refractivity contribution in [3.63, 3.8) is 0 Å². The molecule has 0 saturated carbocycles. The first-order valence-corrected chi connectivity index (χ1v) is 8.41. The van der Waals surface area contributed by atoms with E-state index in [-0.39, 0.29) is 11.1 Å². The summed E-state index contributed by atoms with van der Waals surface area (Å²) in [4.78, 5) is 24.7. The van der Waals surface area contributed by atoms with Gasteiger partial charge in [0.25, 0.3) is 0 Å². The summed E-state index contributed by atoms with van der Waals surface area (Å²) in [7, 11) is 3.11. The molecule has 3 aromatic rings. The zero-order valence-electron chi connectivity index (χ0n) is 15.4. The van der Waals surface area contributed by atoms with Gasteiger partial charge in [0.1, 0.15) is 23.0 Å². The van der Waals surface area contributed by atoms with E-state index in [4.69, 9.17) is 18.9 Å². The molecule has 0 fully saturated rings. The van der Waals surface area contributed by atoms with Crippen LogP contribution in [-0.2, 0) is 0 Å². The smallest absolute Gasteiger partial charge is 0.343 e. The van der Waals surface area contributed by atoms with Gasteiger partial charge in [-0.3, -0.25) is 0 Å².